The van der Waals surface area contributed by atoms with Crippen molar-refractivity contribution in [1.82, 2.24) is 10.2 Å². The van der Waals surface area contributed by atoms with E-state index in [4.69, 9.17) is 0 Å². The number of hydrogen-bond acceptors (Lipinski definition) is 3. The third-order valence-corrected chi connectivity index (χ3v) is 9.08. The number of amides is 1. The number of hydrogen-bond donors (Lipinski definition) is 1. The Hall–Kier alpha value is -1.58. The molecule has 1 aliphatic heterocycles. The van der Waals surface area contributed by atoms with E-state index in [-0.39, 0.29) is 5.91 Å². The third kappa shape index (κ3) is 26.8. The number of unbranched alkanes of at least 4 members (excludes halogenated alkanes) is 24. The van der Waals surface area contributed by atoms with Gasteiger partial charge in [-0.15, -0.1) is 0 Å². The van der Waals surface area contributed by atoms with E-state index in [9.17, 15) is 4.79 Å². The fourth-order valence-electron chi connectivity index (χ4n) is 6.13. The number of carbonyl (C=O) groups excluding carboxylic acids is 1. The molecule has 0 aromatic rings. The van der Waals surface area contributed by atoms with E-state index in [2.05, 4.69) is 53.4 Å². The first-order chi connectivity index (χ1) is 21.8. The molecule has 0 radical (unpaired) electrons. The van der Waals surface area contributed by atoms with E-state index in [0.717, 1.165) is 44.9 Å². The number of carbonyl (C=O) groups is 1. The average Bonchev–Trinajstić information content (AvgIpc) is 3.48. The van der Waals surface area contributed by atoms with E-state index in [1.807, 2.05) is 0 Å². The predicted octanol–water partition coefficient (Wildman–Crippen LogP) is 11.9. The Morgan fingerprint density at radius 1 is 0.614 bits per heavy atom. The van der Waals surface area contributed by atoms with Gasteiger partial charge in [-0.25, -0.2) is 0 Å². The standard InChI is InChI=1S/C40H75N3O/c1-3-5-7-9-11-13-15-17-19-21-23-25-27-29-31-33-39-41-35-37-43(39)38-36-42-40(44)34-32-30-28-26-24-22-20-18-16-14-12-10-8-6-4-2/h18,20,31,33H,3-17,19,21-30,32,34-38H2,1-2H3,(H,42,44)/b20-18-,33-31+. The Labute approximate surface area is 275 Å². The molecule has 0 saturated heterocycles. The van der Waals surface area contributed by atoms with Crippen molar-refractivity contribution in [3.05, 3.63) is 24.3 Å². The van der Waals surface area contributed by atoms with Crippen LogP contribution in [0.4, 0.5) is 0 Å². The van der Waals surface area contributed by atoms with Crippen LogP contribution in [-0.4, -0.2) is 42.8 Å². The molecule has 256 valence electrons. The molecule has 0 atom stereocenters. The zero-order chi connectivity index (χ0) is 31.6. The zero-order valence-corrected chi connectivity index (χ0v) is 29.7. The minimum absolute atomic E-state index is 0.207. The lowest BCUT2D eigenvalue weighted by Crippen LogP contribution is -2.36. The number of rotatable bonds is 33. The van der Waals surface area contributed by atoms with Crippen LogP contribution in [0.1, 0.15) is 194 Å². The van der Waals surface area contributed by atoms with Crippen LogP contribution >= 0.6 is 0 Å². The van der Waals surface area contributed by atoms with E-state index < -0.39 is 0 Å². The molecule has 0 saturated carbocycles. The van der Waals surface area contributed by atoms with Crippen LogP contribution in [0.25, 0.3) is 0 Å². The molecule has 0 spiro atoms. The van der Waals surface area contributed by atoms with E-state index >= 15 is 0 Å². The summed E-state index contributed by atoms with van der Waals surface area (Å²) in [6, 6.07) is 0. The van der Waals surface area contributed by atoms with Gasteiger partial charge in [0, 0.05) is 26.1 Å². The summed E-state index contributed by atoms with van der Waals surface area (Å²) in [7, 11) is 0. The smallest absolute Gasteiger partial charge is 0.220 e. The molecule has 0 fully saturated rings. The summed E-state index contributed by atoms with van der Waals surface area (Å²) in [6.45, 7) is 8.00. The first-order valence-electron chi connectivity index (χ1n) is 19.7. The second-order valence-corrected chi connectivity index (χ2v) is 13.3. The molecule has 0 bridgehead atoms. The van der Waals surface area contributed by atoms with Crippen molar-refractivity contribution in [3.8, 4) is 0 Å². The Bertz CT molecular complexity index is 713. The Kier molecular flexibility index (Phi) is 30.2. The van der Waals surface area contributed by atoms with Gasteiger partial charge in [0.05, 0.1) is 6.54 Å². The third-order valence-electron chi connectivity index (χ3n) is 9.08. The second-order valence-electron chi connectivity index (χ2n) is 13.3. The topological polar surface area (TPSA) is 44.7 Å². The summed E-state index contributed by atoms with van der Waals surface area (Å²) in [5, 5.41) is 3.13. The van der Waals surface area contributed by atoms with Gasteiger partial charge >= 0.3 is 0 Å². The van der Waals surface area contributed by atoms with Gasteiger partial charge in [0.2, 0.25) is 5.91 Å². The minimum atomic E-state index is 0.207. The van der Waals surface area contributed by atoms with Crippen molar-refractivity contribution in [3.63, 3.8) is 0 Å². The second kappa shape index (κ2) is 32.8. The first kappa shape index (κ1) is 40.4. The fraction of sp³-hybridized carbons (Fsp3) is 0.850. The average molecular weight is 614 g/mol. The summed E-state index contributed by atoms with van der Waals surface area (Å²) in [4.78, 5) is 19.3. The molecule has 4 heteroatoms. The minimum Gasteiger partial charge on any atom is -0.354 e. The van der Waals surface area contributed by atoms with Crippen molar-refractivity contribution in [2.24, 2.45) is 4.99 Å². The van der Waals surface area contributed by atoms with E-state index in [1.54, 1.807) is 0 Å². The molecule has 0 aliphatic carbocycles. The number of nitrogens with zero attached hydrogens (tertiary/aromatic N) is 2. The van der Waals surface area contributed by atoms with Crippen LogP contribution in [-0.2, 0) is 4.79 Å². The van der Waals surface area contributed by atoms with Crippen LogP contribution in [0, 0.1) is 0 Å². The molecule has 0 aromatic heterocycles. The SMILES string of the molecule is CCCCCCCC/C=C\CCCCCCCC(=O)NCCN1CCN=C1/C=C/CCCCCCCCCCCCCCC. The predicted molar refractivity (Wildman–Crippen MR) is 196 cm³/mol. The molecule has 1 aliphatic rings. The maximum atomic E-state index is 12.3. The van der Waals surface area contributed by atoms with Gasteiger partial charge in [0.1, 0.15) is 5.84 Å². The monoisotopic (exact) mass is 614 g/mol. The fourth-order valence-corrected chi connectivity index (χ4v) is 6.13. The van der Waals surface area contributed by atoms with Gasteiger partial charge in [0.15, 0.2) is 0 Å². The van der Waals surface area contributed by atoms with Crippen molar-refractivity contribution in [2.45, 2.75) is 194 Å². The summed E-state index contributed by atoms with van der Waals surface area (Å²) < 4.78 is 0. The summed E-state index contributed by atoms with van der Waals surface area (Å²) in [5.41, 5.74) is 0. The highest BCUT2D eigenvalue weighted by molar-refractivity contribution is 5.94. The van der Waals surface area contributed by atoms with E-state index in [0.29, 0.717) is 6.42 Å². The van der Waals surface area contributed by atoms with Gasteiger partial charge in [-0.1, -0.05) is 160 Å². The highest BCUT2D eigenvalue weighted by atomic mass is 16.1. The highest BCUT2D eigenvalue weighted by Gasteiger charge is 2.14. The van der Waals surface area contributed by atoms with Gasteiger partial charge in [0.25, 0.3) is 0 Å². The van der Waals surface area contributed by atoms with Crippen LogP contribution in [0.5, 0.6) is 0 Å². The van der Waals surface area contributed by atoms with Gasteiger partial charge in [-0.3, -0.25) is 9.79 Å². The summed E-state index contributed by atoms with van der Waals surface area (Å²) in [6.07, 6.45) is 46.1. The maximum absolute atomic E-state index is 12.3. The first-order valence-corrected chi connectivity index (χ1v) is 19.7. The van der Waals surface area contributed by atoms with Crippen LogP contribution in [0.2, 0.25) is 0 Å². The Balaban J connectivity index is 1.90. The summed E-state index contributed by atoms with van der Waals surface area (Å²) >= 11 is 0. The molecule has 0 aromatic carbocycles. The molecular weight excluding hydrogens is 538 g/mol. The lowest BCUT2D eigenvalue weighted by Gasteiger charge is -2.18. The molecule has 1 rings (SSSR count). The molecular formula is C40H75N3O. The number of aliphatic imine (C=N–C) groups is 1. The highest BCUT2D eigenvalue weighted by Crippen LogP contribution is 2.14. The molecule has 1 heterocycles. The molecule has 44 heavy (non-hydrogen) atoms. The lowest BCUT2D eigenvalue weighted by atomic mass is 10.0. The number of amidine groups is 1. The van der Waals surface area contributed by atoms with Crippen molar-refractivity contribution in [2.75, 3.05) is 26.2 Å². The van der Waals surface area contributed by atoms with Gasteiger partial charge in [-0.05, 0) is 51.0 Å². The zero-order valence-electron chi connectivity index (χ0n) is 29.7. The Morgan fingerprint density at radius 3 is 1.55 bits per heavy atom. The van der Waals surface area contributed by atoms with Crippen molar-refractivity contribution >= 4 is 11.7 Å². The molecule has 1 amide bonds. The van der Waals surface area contributed by atoms with Crippen LogP contribution < -0.4 is 5.32 Å². The van der Waals surface area contributed by atoms with Crippen LogP contribution in [0.3, 0.4) is 0 Å². The molecule has 4 nitrogen and oxygen atoms in total. The van der Waals surface area contributed by atoms with Gasteiger partial charge in [-0.2, -0.15) is 0 Å². The Morgan fingerprint density at radius 2 is 1.05 bits per heavy atom. The number of nitrogens with one attached hydrogen (secondary N) is 1. The maximum Gasteiger partial charge on any atom is 0.220 e. The quantitative estimate of drug-likeness (QED) is 0.0591. The molecule has 1 N–H and O–H groups in total. The van der Waals surface area contributed by atoms with Crippen molar-refractivity contribution in [1.29, 1.82) is 0 Å². The van der Waals surface area contributed by atoms with Crippen LogP contribution in [0.15, 0.2) is 29.3 Å². The molecule has 0 unspecified atom stereocenters. The normalized spacial score (nSPS) is 13.5. The van der Waals surface area contributed by atoms with Gasteiger partial charge < -0.3 is 10.2 Å². The van der Waals surface area contributed by atoms with Crippen molar-refractivity contribution < 1.29 is 4.79 Å². The lowest BCUT2D eigenvalue weighted by molar-refractivity contribution is -0.121. The largest absolute Gasteiger partial charge is 0.354 e. The van der Waals surface area contributed by atoms with E-state index in [1.165, 1.54) is 161 Å². The number of allylic oxidation sites excluding steroid dienone is 3. The summed E-state index contributed by atoms with van der Waals surface area (Å²) in [5.74, 6) is 1.31.